The lowest BCUT2D eigenvalue weighted by atomic mass is 10.1. The number of carboxylic acids is 1. The Morgan fingerprint density at radius 2 is 1.11 bits per heavy atom. The second-order valence-corrected chi connectivity index (χ2v) is 14.7. The average Bonchev–Trinajstić information content (AvgIpc) is 3.14. The molecule has 11 nitrogen and oxygen atoms in total. The summed E-state index contributed by atoms with van der Waals surface area (Å²) in [6.45, 7) is 2.50. The van der Waals surface area contributed by atoms with E-state index in [1.165, 1.54) is 76.4 Å². The van der Waals surface area contributed by atoms with Gasteiger partial charge in [0.05, 0.1) is 13.2 Å². The lowest BCUT2D eigenvalue weighted by molar-refractivity contribution is -0.157. The maximum atomic E-state index is 12.5. The van der Waals surface area contributed by atoms with Gasteiger partial charge in [-0.05, 0) is 38.5 Å². The molecule has 1 unspecified atom stereocenters. The number of carbonyl (C=O) groups excluding carboxylic acids is 2. The molecule has 0 spiro atoms. The Hall–Kier alpha value is -3.08. The molecule has 0 aromatic heterocycles. The lowest BCUT2D eigenvalue weighted by Gasteiger charge is -2.19. The Balaban J connectivity index is 4.57. The zero-order valence-electron chi connectivity index (χ0n) is 33.0. The molecule has 0 aliphatic rings. The van der Waals surface area contributed by atoms with Crippen molar-refractivity contribution in [3.8, 4) is 0 Å². The van der Waals surface area contributed by atoms with E-state index in [0.717, 1.165) is 51.4 Å². The van der Waals surface area contributed by atoms with Crippen LogP contribution in [0.3, 0.4) is 0 Å². The van der Waals surface area contributed by atoms with E-state index in [-0.39, 0.29) is 6.42 Å². The van der Waals surface area contributed by atoms with Crippen molar-refractivity contribution < 1.29 is 47.5 Å². The SMILES string of the molecule is CC/C=C/C=C/C=C/C=C/CCCCCCCC(=O)OC[C@H](COP(=O)(O)OC[C@H](N)C(=O)O)OC(=O)/C=C/C=C/CCCCCCCCCCCCC. The van der Waals surface area contributed by atoms with Crippen LogP contribution < -0.4 is 5.73 Å². The van der Waals surface area contributed by atoms with Crippen LogP contribution >= 0.6 is 7.82 Å². The van der Waals surface area contributed by atoms with Crippen molar-refractivity contribution in [2.45, 2.75) is 154 Å². The van der Waals surface area contributed by atoms with E-state index >= 15 is 0 Å². The van der Waals surface area contributed by atoms with Crippen LogP contribution in [-0.4, -0.2) is 59.9 Å². The fourth-order valence-electron chi connectivity index (χ4n) is 4.98. The Labute approximate surface area is 325 Å². The van der Waals surface area contributed by atoms with Crippen molar-refractivity contribution in [2.24, 2.45) is 5.73 Å². The van der Waals surface area contributed by atoms with E-state index in [9.17, 15) is 23.8 Å². The van der Waals surface area contributed by atoms with Crippen LogP contribution in [0.25, 0.3) is 0 Å². The third kappa shape index (κ3) is 35.9. The first kappa shape index (κ1) is 50.9. The normalized spacial score (nSPS) is 14.6. The van der Waals surface area contributed by atoms with Gasteiger partial charge in [-0.15, -0.1) is 0 Å². The summed E-state index contributed by atoms with van der Waals surface area (Å²) in [6, 6.07) is -1.54. The van der Waals surface area contributed by atoms with Gasteiger partial charge in [0.15, 0.2) is 6.10 Å². The van der Waals surface area contributed by atoms with E-state index in [0.29, 0.717) is 6.42 Å². The summed E-state index contributed by atoms with van der Waals surface area (Å²) >= 11 is 0. The molecule has 0 fully saturated rings. The quantitative estimate of drug-likeness (QED) is 0.0182. The zero-order chi connectivity index (χ0) is 40.0. The van der Waals surface area contributed by atoms with Crippen molar-refractivity contribution in [3.63, 3.8) is 0 Å². The number of phosphoric acid groups is 1. The van der Waals surface area contributed by atoms with Gasteiger partial charge in [-0.2, -0.15) is 0 Å². The van der Waals surface area contributed by atoms with Gasteiger partial charge < -0.3 is 25.2 Å². The molecule has 3 atom stereocenters. The lowest BCUT2D eigenvalue weighted by Crippen LogP contribution is -2.34. The number of allylic oxidation sites excluding steroid dienone is 11. The minimum absolute atomic E-state index is 0.172. The molecule has 0 heterocycles. The number of hydrogen-bond acceptors (Lipinski definition) is 9. The first-order valence-corrected chi connectivity index (χ1v) is 21.6. The predicted molar refractivity (Wildman–Crippen MR) is 217 cm³/mol. The molecule has 0 rings (SSSR count). The highest BCUT2D eigenvalue weighted by Crippen LogP contribution is 2.43. The Morgan fingerprint density at radius 3 is 1.67 bits per heavy atom. The van der Waals surface area contributed by atoms with Crippen LogP contribution in [0.2, 0.25) is 0 Å². The molecule has 0 saturated heterocycles. The molecule has 0 aromatic carbocycles. The standard InChI is InChI=1S/C42H70NO10P/c1-3-5-7-9-11-13-15-17-19-21-23-25-27-29-31-33-40(44)50-35-38(36-51-54(48,49)52-37-39(43)42(46)47)53-41(45)34-32-30-28-26-24-22-20-18-16-14-12-10-8-6-4-2/h5,7,9,11,13,15,17,19,28,30,32,34,38-39H,3-4,6,8,10,12,14,16,18,20-27,29,31,33,35-37,43H2,1-2H3,(H,46,47)(H,48,49)/b7-5+,11-9+,15-13+,19-17+,30-28+,34-32+/t38-,39+/m1/s1. The number of nitrogens with two attached hydrogens (primary N) is 1. The summed E-state index contributed by atoms with van der Waals surface area (Å²) in [4.78, 5) is 45.7. The Morgan fingerprint density at radius 1 is 0.630 bits per heavy atom. The summed E-state index contributed by atoms with van der Waals surface area (Å²) < 4.78 is 32.4. The number of esters is 2. The minimum Gasteiger partial charge on any atom is -0.480 e. The van der Waals surface area contributed by atoms with Gasteiger partial charge >= 0.3 is 25.7 Å². The van der Waals surface area contributed by atoms with Gasteiger partial charge in [0.1, 0.15) is 12.6 Å². The van der Waals surface area contributed by atoms with E-state index in [1.807, 2.05) is 42.5 Å². The maximum absolute atomic E-state index is 12.5. The second kappa shape index (κ2) is 36.9. The topological polar surface area (TPSA) is 172 Å². The van der Waals surface area contributed by atoms with Crippen LogP contribution in [0.4, 0.5) is 0 Å². The van der Waals surface area contributed by atoms with Crippen molar-refractivity contribution in [2.75, 3.05) is 19.8 Å². The summed E-state index contributed by atoms with van der Waals surface area (Å²) in [6.07, 6.45) is 43.2. The van der Waals surface area contributed by atoms with Crippen LogP contribution in [0.5, 0.6) is 0 Å². The molecular weight excluding hydrogens is 709 g/mol. The van der Waals surface area contributed by atoms with Gasteiger partial charge in [0.25, 0.3) is 0 Å². The molecule has 0 bridgehead atoms. The highest BCUT2D eigenvalue weighted by Gasteiger charge is 2.27. The summed E-state index contributed by atoms with van der Waals surface area (Å²) in [5.41, 5.74) is 5.31. The zero-order valence-corrected chi connectivity index (χ0v) is 33.9. The molecule has 0 saturated carbocycles. The van der Waals surface area contributed by atoms with E-state index in [4.69, 9.17) is 24.8 Å². The van der Waals surface area contributed by atoms with E-state index < -0.39 is 57.7 Å². The molecule has 12 heteroatoms. The summed E-state index contributed by atoms with van der Waals surface area (Å²) in [5, 5.41) is 8.86. The third-order valence-electron chi connectivity index (χ3n) is 8.14. The van der Waals surface area contributed by atoms with Gasteiger partial charge in [0, 0.05) is 12.5 Å². The number of ether oxygens (including phenoxy) is 2. The number of carbonyl (C=O) groups is 3. The second-order valence-electron chi connectivity index (χ2n) is 13.2. The molecule has 308 valence electrons. The fraction of sp³-hybridized carbons (Fsp3) is 0.643. The van der Waals surface area contributed by atoms with Crippen molar-refractivity contribution in [3.05, 3.63) is 72.9 Å². The summed E-state index contributed by atoms with van der Waals surface area (Å²) in [5.74, 6) is -2.68. The highest BCUT2D eigenvalue weighted by molar-refractivity contribution is 7.47. The van der Waals surface area contributed by atoms with Crippen LogP contribution in [-0.2, 0) is 37.5 Å². The van der Waals surface area contributed by atoms with Gasteiger partial charge in [-0.1, -0.05) is 164 Å². The minimum atomic E-state index is -4.75. The molecular formula is C42H70NO10P. The number of rotatable bonds is 36. The Bertz CT molecular complexity index is 1190. The number of phosphoric ester groups is 1. The monoisotopic (exact) mass is 779 g/mol. The number of carboxylic acid groups (broad SMARTS) is 1. The molecule has 0 aromatic rings. The molecule has 0 amide bonds. The van der Waals surface area contributed by atoms with Crippen molar-refractivity contribution in [1.29, 1.82) is 0 Å². The van der Waals surface area contributed by atoms with E-state index in [1.54, 1.807) is 6.08 Å². The van der Waals surface area contributed by atoms with Gasteiger partial charge in [0.2, 0.25) is 0 Å². The van der Waals surface area contributed by atoms with Gasteiger partial charge in [-0.3, -0.25) is 18.6 Å². The number of unbranched alkanes of at least 4 members (excludes halogenated alkanes) is 16. The first-order valence-electron chi connectivity index (χ1n) is 20.1. The third-order valence-corrected chi connectivity index (χ3v) is 9.09. The molecule has 0 aliphatic carbocycles. The molecule has 4 N–H and O–H groups in total. The van der Waals surface area contributed by atoms with E-state index in [2.05, 4.69) is 30.5 Å². The summed E-state index contributed by atoms with van der Waals surface area (Å²) in [7, 11) is -4.75. The molecule has 0 radical (unpaired) electrons. The largest absolute Gasteiger partial charge is 0.480 e. The smallest absolute Gasteiger partial charge is 0.472 e. The first-order chi connectivity index (χ1) is 26.1. The number of aliphatic carboxylic acids is 1. The Kier molecular flexibility index (Phi) is 34.8. The number of hydrogen-bond donors (Lipinski definition) is 3. The van der Waals surface area contributed by atoms with Crippen molar-refractivity contribution >= 4 is 25.7 Å². The highest BCUT2D eigenvalue weighted by atomic mass is 31.2. The fourth-order valence-corrected chi connectivity index (χ4v) is 5.76. The van der Waals surface area contributed by atoms with Crippen LogP contribution in [0, 0.1) is 0 Å². The van der Waals surface area contributed by atoms with Crippen LogP contribution in [0.15, 0.2) is 72.9 Å². The maximum Gasteiger partial charge on any atom is 0.472 e. The van der Waals surface area contributed by atoms with Crippen molar-refractivity contribution in [1.82, 2.24) is 0 Å². The average molecular weight is 780 g/mol. The predicted octanol–water partition coefficient (Wildman–Crippen LogP) is 10.2. The molecule has 54 heavy (non-hydrogen) atoms. The van der Waals surface area contributed by atoms with Gasteiger partial charge in [-0.25, -0.2) is 9.36 Å². The van der Waals surface area contributed by atoms with Crippen LogP contribution in [0.1, 0.15) is 142 Å². The molecule has 0 aliphatic heterocycles.